The number of primary amides is 1. The average molecular weight is 340 g/mol. The summed E-state index contributed by atoms with van der Waals surface area (Å²) in [6.07, 6.45) is 0.618. The summed E-state index contributed by atoms with van der Waals surface area (Å²) in [4.78, 5) is 24.9. The maximum atomic E-state index is 12.1. The number of ether oxygens (including phenoxy) is 2. The molecule has 6 heteroatoms. The normalized spacial score (nSPS) is 16.5. The molecule has 2 N–H and O–H groups in total. The van der Waals surface area contributed by atoms with Crippen LogP contribution in [0.15, 0.2) is 54.6 Å². The summed E-state index contributed by atoms with van der Waals surface area (Å²) < 4.78 is 11.2. The van der Waals surface area contributed by atoms with Gasteiger partial charge >= 0.3 is 0 Å². The standard InChI is InChI=1S/C19H20N2O4/c20-19(23)14-10-11-21(12-14)18(22)13-24-15-6-8-17(9-7-15)25-16-4-2-1-3-5-16/h1-9,14H,10-13H2,(H2,20,23)/t14-/m1/s1. The van der Waals surface area contributed by atoms with Crippen LogP contribution in [0.3, 0.4) is 0 Å². The van der Waals surface area contributed by atoms with E-state index in [-0.39, 0.29) is 24.3 Å². The molecule has 0 spiro atoms. The van der Waals surface area contributed by atoms with Gasteiger partial charge in [0, 0.05) is 13.1 Å². The van der Waals surface area contributed by atoms with Crippen LogP contribution in [0.25, 0.3) is 0 Å². The highest BCUT2D eigenvalue weighted by Gasteiger charge is 2.29. The molecule has 0 radical (unpaired) electrons. The molecule has 0 saturated carbocycles. The first-order valence-electron chi connectivity index (χ1n) is 8.14. The molecule has 130 valence electrons. The van der Waals surface area contributed by atoms with Crippen molar-refractivity contribution in [2.75, 3.05) is 19.7 Å². The molecule has 25 heavy (non-hydrogen) atoms. The first-order chi connectivity index (χ1) is 12.1. The van der Waals surface area contributed by atoms with Crippen LogP contribution in [0, 0.1) is 5.92 Å². The second-order valence-electron chi connectivity index (χ2n) is 5.90. The maximum absolute atomic E-state index is 12.1. The van der Waals surface area contributed by atoms with Crippen molar-refractivity contribution in [2.45, 2.75) is 6.42 Å². The molecule has 1 fully saturated rings. The van der Waals surface area contributed by atoms with Gasteiger partial charge in [-0.1, -0.05) is 18.2 Å². The lowest BCUT2D eigenvalue weighted by Gasteiger charge is -2.16. The van der Waals surface area contributed by atoms with E-state index in [1.807, 2.05) is 30.3 Å². The summed E-state index contributed by atoms with van der Waals surface area (Å²) in [5.74, 6) is 1.27. The van der Waals surface area contributed by atoms with Gasteiger partial charge in [0.2, 0.25) is 5.91 Å². The number of carbonyl (C=O) groups is 2. The van der Waals surface area contributed by atoms with E-state index in [9.17, 15) is 9.59 Å². The summed E-state index contributed by atoms with van der Waals surface area (Å²) in [5, 5.41) is 0. The van der Waals surface area contributed by atoms with Crippen LogP contribution in [0.5, 0.6) is 17.2 Å². The molecule has 3 rings (SSSR count). The molecule has 0 unspecified atom stereocenters. The molecule has 0 bridgehead atoms. The van der Waals surface area contributed by atoms with Crippen LogP contribution in [-0.4, -0.2) is 36.4 Å². The lowest BCUT2D eigenvalue weighted by atomic mass is 10.1. The summed E-state index contributed by atoms with van der Waals surface area (Å²) in [6, 6.07) is 16.5. The Labute approximate surface area is 146 Å². The number of hydrogen-bond acceptors (Lipinski definition) is 4. The molecule has 6 nitrogen and oxygen atoms in total. The van der Waals surface area contributed by atoms with Gasteiger partial charge in [-0.15, -0.1) is 0 Å². The van der Waals surface area contributed by atoms with Crippen LogP contribution in [0.1, 0.15) is 6.42 Å². The Hall–Kier alpha value is -3.02. The van der Waals surface area contributed by atoms with Crippen molar-refractivity contribution in [1.29, 1.82) is 0 Å². The topological polar surface area (TPSA) is 81.9 Å². The summed E-state index contributed by atoms with van der Waals surface area (Å²) in [6.45, 7) is 0.853. The van der Waals surface area contributed by atoms with Crippen LogP contribution < -0.4 is 15.2 Å². The number of carbonyl (C=O) groups excluding carboxylic acids is 2. The minimum absolute atomic E-state index is 0.0651. The third-order valence-electron chi connectivity index (χ3n) is 4.11. The molecule has 1 aliphatic rings. The van der Waals surface area contributed by atoms with Crippen molar-refractivity contribution in [3.8, 4) is 17.2 Å². The number of benzene rings is 2. The van der Waals surface area contributed by atoms with Crippen molar-refractivity contribution >= 4 is 11.8 Å². The van der Waals surface area contributed by atoms with Crippen molar-refractivity contribution < 1.29 is 19.1 Å². The van der Waals surface area contributed by atoms with Crippen molar-refractivity contribution in [1.82, 2.24) is 4.90 Å². The predicted molar refractivity (Wildman–Crippen MR) is 92.3 cm³/mol. The minimum atomic E-state index is -0.356. The number of para-hydroxylation sites is 1. The smallest absolute Gasteiger partial charge is 0.260 e. The monoisotopic (exact) mass is 340 g/mol. The molecular formula is C19H20N2O4. The van der Waals surface area contributed by atoms with Gasteiger partial charge in [-0.25, -0.2) is 0 Å². The molecule has 0 aromatic heterocycles. The molecule has 2 amide bonds. The quantitative estimate of drug-likeness (QED) is 0.874. The van der Waals surface area contributed by atoms with Crippen LogP contribution >= 0.6 is 0 Å². The van der Waals surface area contributed by atoms with Gasteiger partial charge in [0.25, 0.3) is 5.91 Å². The molecule has 0 aliphatic carbocycles. The number of hydrogen-bond donors (Lipinski definition) is 1. The average Bonchev–Trinajstić information content (AvgIpc) is 3.12. The minimum Gasteiger partial charge on any atom is -0.484 e. The van der Waals surface area contributed by atoms with E-state index in [2.05, 4.69) is 0 Å². The van der Waals surface area contributed by atoms with Crippen molar-refractivity contribution in [3.05, 3.63) is 54.6 Å². The van der Waals surface area contributed by atoms with E-state index < -0.39 is 0 Å². The molecule has 1 heterocycles. The third-order valence-corrected chi connectivity index (χ3v) is 4.11. The summed E-state index contributed by atoms with van der Waals surface area (Å²) in [5.41, 5.74) is 5.27. The van der Waals surface area contributed by atoms with Crippen LogP contribution in [-0.2, 0) is 9.59 Å². The number of nitrogens with two attached hydrogens (primary N) is 1. The molecule has 1 atom stereocenters. The number of nitrogens with zero attached hydrogens (tertiary/aromatic N) is 1. The first kappa shape index (κ1) is 16.8. The number of likely N-dealkylation sites (tertiary alicyclic amines) is 1. The lowest BCUT2D eigenvalue weighted by Crippen LogP contribution is -2.34. The molecular weight excluding hydrogens is 320 g/mol. The number of amides is 2. The van der Waals surface area contributed by atoms with E-state index in [0.717, 1.165) is 5.75 Å². The van der Waals surface area contributed by atoms with Crippen molar-refractivity contribution in [3.63, 3.8) is 0 Å². The van der Waals surface area contributed by atoms with Gasteiger partial charge in [0.1, 0.15) is 17.2 Å². The summed E-state index contributed by atoms with van der Waals surface area (Å²) in [7, 11) is 0. The van der Waals surface area contributed by atoms with E-state index in [1.165, 1.54) is 0 Å². The van der Waals surface area contributed by atoms with Gasteiger partial charge in [-0.3, -0.25) is 9.59 Å². The highest BCUT2D eigenvalue weighted by atomic mass is 16.5. The lowest BCUT2D eigenvalue weighted by molar-refractivity contribution is -0.132. The highest BCUT2D eigenvalue weighted by Crippen LogP contribution is 2.23. The Morgan fingerprint density at radius 1 is 1.00 bits per heavy atom. The first-order valence-corrected chi connectivity index (χ1v) is 8.14. The van der Waals surface area contributed by atoms with Gasteiger partial charge in [0.15, 0.2) is 6.61 Å². The van der Waals surface area contributed by atoms with E-state index in [1.54, 1.807) is 29.2 Å². The van der Waals surface area contributed by atoms with Crippen LogP contribution in [0.2, 0.25) is 0 Å². The second kappa shape index (κ2) is 7.70. The molecule has 1 aliphatic heterocycles. The van der Waals surface area contributed by atoms with Crippen LogP contribution in [0.4, 0.5) is 0 Å². The summed E-state index contributed by atoms with van der Waals surface area (Å²) >= 11 is 0. The zero-order valence-electron chi connectivity index (χ0n) is 13.8. The fourth-order valence-corrected chi connectivity index (χ4v) is 2.68. The van der Waals surface area contributed by atoms with Gasteiger partial charge in [-0.05, 0) is 42.8 Å². The second-order valence-corrected chi connectivity index (χ2v) is 5.90. The highest BCUT2D eigenvalue weighted by molar-refractivity contribution is 5.81. The zero-order valence-corrected chi connectivity index (χ0v) is 13.8. The Morgan fingerprint density at radius 3 is 2.28 bits per heavy atom. The Balaban J connectivity index is 1.49. The number of rotatable bonds is 6. The van der Waals surface area contributed by atoms with E-state index in [4.69, 9.17) is 15.2 Å². The predicted octanol–water partition coefficient (Wildman–Crippen LogP) is 2.19. The van der Waals surface area contributed by atoms with Gasteiger partial charge < -0.3 is 20.1 Å². The van der Waals surface area contributed by atoms with E-state index in [0.29, 0.717) is 31.0 Å². The fraction of sp³-hybridized carbons (Fsp3) is 0.263. The van der Waals surface area contributed by atoms with Gasteiger partial charge in [-0.2, -0.15) is 0 Å². The zero-order chi connectivity index (χ0) is 17.6. The Morgan fingerprint density at radius 2 is 1.64 bits per heavy atom. The Kier molecular flexibility index (Phi) is 5.18. The van der Waals surface area contributed by atoms with Gasteiger partial charge in [0.05, 0.1) is 5.92 Å². The van der Waals surface area contributed by atoms with Crippen molar-refractivity contribution in [2.24, 2.45) is 11.7 Å². The fourth-order valence-electron chi connectivity index (χ4n) is 2.68. The van der Waals surface area contributed by atoms with E-state index >= 15 is 0 Å². The largest absolute Gasteiger partial charge is 0.484 e. The molecule has 1 saturated heterocycles. The molecule has 2 aromatic carbocycles. The third kappa shape index (κ3) is 4.50. The Bertz CT molecular complexity index is 731. The maximum Gasteiger partial charge on any atom is 0.260 e. The SMILES string of the molecule is NC(=O)[C@@H]1CCN(C(=O)COc2ccc(Oc3ccccc3)cc2)C1. The molecule has 2 aromatic rings.